The lowest BCUT2D eigenvalue weighted by Crippen LogP contribution is -2.13. The molecular formula is C8H7F2NO3S. The van der Waals surface area contributed by atoms with E-state index >= 15 is 0 Å². The fourth-order valence-electron chi connectivity index (χ4n) is 0.939. The third-order valence-corrected chi connectivity index (χ3v) is 2.11. The van der Waals surface area contributed by atoms with Crippen LogP contribution >= 0.6 is 0 Å². The van der Waals surface area contributed by atoms with E-state index in [0.717, 1.165) is 18.4 Å². The number of anilines is 1. The molecule has 7 heteroatoms. The summed E-state index contributed by atoms with van der Waals surface area (Å²) in [4.78, 5) is 10.3. The first-order valence-electron chi connectivity index (χ1n) is 3.76. The molecule has 0 atom stereocenters. The highest BCUT2D eigenvalue weighted by Crippen LogP contribution is 2.21. The van der Waals surface area contributed by atoms with E-state index < -0.39 is 32.9 Å². The number of rotatable bonds is 3. The van der Waals surface area contributed by atoms with Crippen molar-refractivity contribution >= 4 is 22.0 Å². The molecule has 1 aromatic carbocycles. The van der Waals surface area contributed by atoms with E-state index in [-0.39, 0.29) is 6.29 Å². The number of carbonyl (C=O) groups excluding carboxylic acids is 1. The van der Waals surface area contributed by atoms with E-state index in [4.69, 9.17) is 0 Å². The zero-order chi connectivity index (χ0) is 11.6. The highest BCUT2D eigenvalue weighted by molar-refractivity contribution is 7.92. The average molecular weight is 235 g/mol. The molecule has 0 heterocycles. The smallest absolute Gasteiger partial charge is 0.230 e. The molecule has 0 aliphatic heterocycles. The van der Waals surface area contributed by atoms with Crippen LogP contribution in [0.15, 0.2) is 12.1 Å². The summed E-state index contributed by atoms with van der Waals surface area (Å²) in [7, 11) is -3.79. The van der Waals surface area contributed by atoms with Gasteiger partial charge in [0.25, 0.3) is 0 Å². The predicted octanol–water partition coefficient (Wildman–Crippen LogP) is 1.15. The van der Waals surface area contributed by atoms with Crippen LogP contribution in [-0.4, -0.2) is 21.0 Å². The van der Waals surface area contributed by atoms with E-state index in [9.17, 15) is 22.0 Å². The molecule has 4 nitrogen and oxygen atoms in total. The number of sulfonamides is 1. The van der Waals surface area contributed by atoms with Crippen molar-refractivity contribution in [1.82, 2.24) is 0 Å². The summed E-state index contributed by atoms with van der Waals surface area (Å²) in [5.41, 5.74) is -1.26. The average Bonchev–Trinajstić information content (AvgIpc) is 2.11. The fourth-order valence-corrected chi connectivity index (χ4v) is 1.50. The second-order valence-electron chi connectivity index (χ2n) is 2.82. The Morgan fingerprint density at radius 3 is 2.40 bits per heavy atom. The number of halogens is 2. The molecule has 15 heavy (non-hydrogen) atoms. The molecule has 0 saturated carbocycles. The third kappa shape index (κ3) is 2.72. The molecule has 1 rings (SSSR count). The molecule has 1 aromatic rings. The van der Waals surface area contributed by atoms with Gasteiger partial charge < -0.3 is 0 Å². The minimum Gasteiger partial charge on any atom is -0.298 e. The predicted molar refractivity (Wildman–Crippen MR) is 50.2 cm³/mol. The van der Waals surface area contributed by atoms with Crippen LogP contribution in [0.2, 0.25) is 0 Å². The minimum atomic E-state index is -3.79. The van der Waals surface area contributed by atoms with Crippen molar-refractivity contribution in [2.24, 2.45) is 0 Å². The molecule has 0 spiro atoms. The topological polar surface area (TPSA) is 63.2 Å². The summed E-state index contributed by atoms with van der Waals surface area (Å²) in [5.74, 6) is -2.31. The molecule has 0 fully saturated rings. The Bertz CT molecular complexity index is 499. The zero-order valence-electron chi connectivity index (χ0n) is 7.62. The first kappa shape index (κ1) is 11.6. The lowest BCUT2D eigenvalue weighted by atomic mass is 10.2. The van der Waals surface area contributed by atoms with E-state index in [1.807, 2.05) is 0 Å². The standard InChI is InChI=1S/C8H7F2NO3S/c1-15(13,14)11-8-6(9)3-2-5(4-12)7(8)10/h2-4,11H,1H3. The van der Waals surface area contributed by atoms with Gasteiger partial charge in [-0.2, -0.15) is 0 Å². The molecule has 0 unspecified atom stereocenters. The fraction of sp³-hybridized carbons (Fsp3) is 0.125. The summed E-state index contributed by atoms with van der Waals surface area (Å²) in [5, 5.41) is 0. The van der Waals surface area contributed by atoms with Crippen LogP contribution in [0.5, 0.6) is 0 Å². The quantitative estimate of drug-likeness (QED) is 0.799. The van der Waals surface area contributed by atoms with Gasteiger partial charge in [-0.1, -0.05) is 0 Å². The van der Waals surface area contributed by atoms with Crippen molar-refractivity contribution in [3.8, 4) is 0 Å². The largest absolute Gasteiger partial charge is 0.298 e. The minimum absolute atomic E-state index is 0.169. The van der Waals surface area contributed by atoms with Crippen LogP contribution < -0.4 is 4.72 Å². The molecule has 0 aliphatic rings. The van der Waals surface area contributed by atoms with Crippen molar-refractivity contribution in [1.29, 1.82) is 0 Å². The Kier molecular flexibility index (Phi) is 3.04. The second kappa shape index (κ2) is 3.93. The SMILES string of the molecule is CS(=O)(=O)Nc1c(F)ccc(C=O)c1F. The van der Waals surface area contributed by atoms with E-state index in [0.29, 0.717) is 0 Å². The maximum atomic E-state index is 13.3. The molecule has 0 aliphatic carbocycles. The molecule has 82 valence electrons. The van der Waals surface area contributed by atoms with Crippen LogP contribution in [0.1, 0.15) is 10.4 Å². The van der Waals surface area contributed by atoms with E-state index in [2.05, 4.69) is 0 Å². The van der Waals surface area contributed by atoms with Crippen LogP contribution in [-0.2, 0) is 10.0 Å². The van der Waals surface area contributed by atoms with E-state index in [1.165, 1.54) is 0 Å². The van der Waals surface area contributed by atoms with Crippen molar-refractivity contribution in [2.75, 3.05) is 11.0 Å². The Morgan fingerprint density at radius 1 is 1.33 bits per heavy atom. The number of hydrogen-bond acceptors (Lipinski definition) is 3. The lowest BCUT2D eigenvalue weighted by Gasteiger charge is -2.07. The first-order chi connectivity index (χ1) is 6.85. The van der Waals surface area contributed by atoms with Gasteiger partial charge in [0.05, 0.1) is 11.8 Å². The van der Waals surface area contributed by atoms with Crippen LogP contribution in [0.3, 0.4) is 0 Å². The molecule has 0 amide bonds. The summed E-state index contributed by atoms with van der Waals surface area (Å²) in [6.45, 7) is 0. The van der Waals surface area contributed by atoms with Gasteiger partial charge in [0, 0.05) is 0 Å². The maximum Gasteiger partial charge on any atom is 0.230 e. The zero-order valence-corrected chi connectivity index (χ0v) is 8.44. The Morgan fingerprint density at radius 2 is 1.93 bits per heavy atom. The first-order valence-corrected chi connectivity index (χ1v) is 5.65. The Balaban J connectivity index is 3.33. The number of nitrogens with one attached hydrogen (secondary N) is 1. The number of carbonyl (C=O) groups is 1. The van der Waals surface area contributed by atoms with Gasteiger partial charge in [0.2, 0.25) is 10.0 Å². The van der Waals surface area contributed by atoms with Crippen LogP contribution in [0, 0.1) is 11.6 Å². The van der Waals surface area contributed by atoms with Gasteiger partial charge in [0.15, 0.2) is 12.1 Å². The molecular weight excluding hydrogens is 228 g/mol. The Labute approximate surface area is 85.0 Å². The summed E-state index contributed by atoms with van der Waals surface area (Å²) in [6.07, 6.45) is 0.918. The molecule has 0 bridgehead atoms. The number of aldehydes is 1. The maximum absolute atomic E-state index is 13.3. The Hall–Kier alpha value is -1.50. The molecule has 0 aromatic heterocycles. The highest BCUT2D eigenvalue weighted by Gasteiger charge is 2.16. The monoisotopic (exact) mass is 235 g/mol. The van der Waals surface area contributed by atoms with Crippen molar-refractivity contribution in [3.63, 3.8) is 0 Å². The second-order valence-corrected chi connectivity index (χ2v) is 4.57. The summed E-state index contributed by atoms with van der Waals surface area (Å²) < 4.78 is 49.5. The third-order valence-electron chi connectivity index (χ3n) is 1.54. The van der Waals surface area contributed by atoms with Gasteiger partial charge in [-0.15, -0.1) is 0 Å². The molecule has 1 N–H and O–H groups in total. The van der Waals surface area contributed by atoms with Gasteiger partial charge in [-0.05, 0) is 12.1 Å². The van der Waals surface area contributed by atoms with Crippen molar-refractivity contribution < 1.29 is 22.0 Å². The lowest BCUT2D eigenvalue weighted by molar-refractivity contribution is 0.112. The summed E-state index contributed by atoms with van der Waals surface area (Å²) >= 11 is 0. The van der Waals surface area contributed by atoms with E-state index in [1.54, 1.807) is 4.72 Å². The van der Waals surface area contributed by atoms with Gasteiger partial charge in [0.1, 0.15) is 11.5 Å². The van der Waals surface area contributed by atoms with Gasteiger partial charge in [-0.25, -0.2) is 17.2 Å². The normalized spacial score (nSPS) is 11.1. The van der Waals surface area contributed by atoms with Gasteiger partial charge >= 0.3 is 0 Å². The molecule has 0 saturated heterocycles. The van der Waals surface area contributed by atoms with Gasteiger partial charge in [-0.3, -0.25) is 9.52 Å². The van der Waals surface area contributed by atoms with Crippen LogP contribution in [0.4, 0.5) is 14.5 Å². The van der Waals surface area contributed by atoms with Crippen molar-refractivity contribution in [3.05, 3.63) is 29.3 Å². The number of hydrogen-bond donors (Lipinski definition) is 1. The molecule has 0 radical (unpaired) electrons. The number of benzene rings is 1. The highest BCUT2D eigenvalue weighted by atomic mass is 32.2. The van der Waals surface area contributed by atoms with Crippen LogP contribution in [0.25, 0.3) is 0 Å². The van der Waals surface area contributed by atoms with Crippen molar-refractivity contribution in [2.45, 2.75) is 0 Å². The summed E-state index contributed by atoms with van der Waals surface area (Å²) in [6, 6.07) is 1.73.